The standard InChI is InChI=1S/C18H19N3O2/c22-18(13-4-3-8-19-12-13)21-14-6-7-15(21)11-16(10-14)23-17-5-1-2-9-20-17/h1-5,8-9,12,14-16H,6-7,10-11H2. The summed E-state index contributed by atoms with van der Waals surface area (Å²) in [6.45, 7) is 0. The van der Waals surface area contributed by atoms with E-state index in [2.05, 4.69) is 14.9 Å². The number of amides is 1. The van der Waals surface area contributed by atoms with Crippen LogP contribution in [-0.2, 0) is 0 Å². The number of hydrogen-bond donors (Lipinski definition) is 0. The molecule has 2 aliphatic rings. The van der Waals surface area contributed by atoms with E-state index < -0.39 is 0 Å². The average Bonchev–Trinajstić information content (AvgIpc) is 2.87. The fraction of sp³-hybridized carbons (Fsp3) is 0.389. The van der Waals surface area contributed by atoms with Crippen LogP contribution in [0.5, 0.6) is 5.88 Å². The van der Waals surface area contributed by atoms with Crippen LogP contribution >= 0.6 is 0 Å². The van der Waals surface area contributed by atoms with Crippen LogP contribution in [0.4, 0.5) is 0 Å². The molecule has 2 atom stereocenters. The number of carbonyl (C=O) groups excluding carboxylic acids is 1. The molecule has 2 aromatic heterocycles. The van der Waals surface area contributed by atoms with Crippen molar-refractivity contribution in [3.05, 3.63) is 54.5 Å². The molecule has 0 aliphatic carbocycles. The third-order valence-electron chi connectivity index (χ3n) is 4.76. The summed E-state index contributed by atoms with van der Waals surface area (Å²) in [7, 11) is 0. The lowest BCUT2D eigenvalue weighted by Crippen LogP contribution is -2.49. The van der Waals surface area contributed by atoms with Crippen LogP contribution < -0.4 is 4.74 Å². The molecule has 2 aliphatic heterocycles. The number of piperidine rings is 1. The molecule has 118 valence electrons. The van der Waals surface area contributed by atoms with Crippen molar-refractivity contribution in [1.82, 2.24) is 14.9 Å². The number of rotatable bonds is 3. The minimum atomic E-state index is 0.0990. The quantitative estimate of drug-likeness (QED) is 0.875. The Kier molecular flexibility index (Phi) is 3.69. The summed E-state index contributed by atoms with van der Waals surface area (Å²) >= 11 is 0. The van der Waals surface area contributed by atoms with E-state index in [9.17, 15) is 4.79 Å². The first-order valence-electron chi connectivity index (χ1n) is 8.11. The second-order valence-corrected chi connectivity index (χ2v) is 6.22. The third-order valence-corrected chi connectivity index (χ3v) is 4.76. The van der Waals surface area contributed by atoms with E-state index >= 15 is 0 Å². The highest BCUT2D eigenvalue weighted by molar-refractivity contribution is 5.94. The van der Waals surface area contributed by atoms with Crippen LogP contribution in [0.3, 0.4) is 0 Å². The number of carbonyl (C=O) groups is 1. The van der Waals surface area contributed by atoms with Crippen LogP contribution in [0.25, 0.3) is 0 Å². The fourth-order valence-electron chi connectivity index (χ4n) is 3.78. The van der Waals surface area contributed by atoms with E-state index in [1.807, 2.05) is 30.3 Å². The molecule has 0 radical (unpaired) electrons. The van der Waals surface area contributed by atoms with Crippen molar-refractivity contribution in [2.45, 2.75) is 43.9 Å². The molecule has 0 saturated carbocycles. The lowest BCUT2D eigenvalue weighted by molar-refractivity contribution is 0.0347. The molecule has 5 nitrogen and oxygen atoms in total. The summed E-state index contributed by atoms with van der Waals surface area (Å²) in [5.74, 6) is 0.769. The third kappa shape index (κ3) is 2.79. The zero-order valence-corrected chi connectivity index (χ0v) is 12.8. The molecule has 23 heavy (non-hydrogen) atoms. The number of nitrogens with zero attached hydrogens (tertiary/aromatic N) is 3. The van der Waals surface area contributed by atoms with Crippen molar-refractivity contribution < 1.29 is 9.53 Å². The smallest absolute Gasteiger partial charge is 0.255 e. The Bertz CT molecular complexity index is 663. The van der Waals surface area contributed by atoms with Crippen LogP contribution in [0.15, 0.2) is 48.9 Å². The Hall–Kier alpha value is -2.43. The number of fused-ring (bicyclic) bond motifs is 2. The molecule has 2 saturated heterocycles. The predicted molar refractivity (Wildman–Crippen MR) is 85.1 cm³/mol. The first-order valence-corrected chi connectivity index (χ1v) is 8.11. The Morgan fingerprint density at radius 2 is 1.91 bits per heavy atom. The van der Waals surface area contributed by atoms with Gasteiger partial charge in [-0.05, 0) is 31.0 Å². The molecule has 2 fully saturated rings. The minimum absolute atomic E-state index is 0.0990. The topological polar surface area (TPSA) is 55.3 Å². The van der Waals surface area contributed by atoms with Gasteiger partial charge in [0.15, 0.2) is 0 Å². The summed E-state index contributed by atoms with van der Waals surface area (Å²) in [4.78, 5) is 23.1. The second kappa shape index (κ2) is 5.99. The van der Waals surface area contributed by atoms with Gasteiger partial charge in [-0.25, -0.2) is 4.98 Å². The normalized spacial score (nSPS) is 26.1. The Balaban J connectivity index is 1.47. The summed E-state index contributed by atoms with van der Waals surface area (Å²) < 4.78 is 6.01. The van der Waals surface area contributed by atoms with Crippen LogP contribution in [0.1, 0.15) is 36.0 Å². The molecule has 0 aromatic carbocycles. The summed E-state index contributed by atoms with van der Waals surface area (Å²) in [5.41, 5.74) is 0.675. The van der Waals surface area contributed by atoms with Crippen molar-refractivity contribution in [3.63, 3.8) is 0 Å². The van der Waals surface area contributed by atoms with Crippen LogP contribution in [0.2, 0.25) is 0 Å². The van der Waals surface area contributed by atoms with Gasteiger partial charge in [0.1, 0.15) is 6.10 Å². The Morgan fingerprint density at radius 3 is 2.57 bits per heavy atom. The summed E-state index contributed by atoms with van der Waals surface area (Å²) in [6, 6.07) is 9.86. The van der Waals surface area contributed by atoms with Gasteiger partial charge in [-0.1, -0.05) is 6.07 Å². The largest absolute Gasteiger partial charge is 0.474 e. The van der Waals surface area contributed by atoms with E-state index in [1.165, 1.54) is 0 Å². The molecule has 2 aromatic rings. The predicted octanol–water partition coefficient (Wildman–Crippen LogP) is 2.69. The molecule has 0 N–H and O–H groups in total. The lowest BCUT2D eigenvalue weighted by Gasteiger charge is -2.38. The minimum Gasteiger partial charge on any atom is -0.474 e. The van der Waals surface area contributed by atoms with E-state index in [-0.39, 0.29) is 24.1 Å². The molecule has 2 unspecified atom stereocenters. The first-order chi connectivity index (χ1) is 11.3. The molecule has 4 heterocycles. The van der Waals surface area contributed by atoms with Gasteiger partial charge in [0.05, 0.1) is 5.56 Å². The SMILES string of the molecule is O=C(c1cccnc1)N1C2CCC1CC(Oc1ccccn1)C2. The number of pyridine rings is 2. The summed E-state index contributed by atoms with van der Waals surface area (Å²) in [6.07, 6.45) is 9.08. The van der Waals surface area contributed by atoms with Crippen molar-refractivity contribution in [2.24, 2.45) is 0 Å². The summed E-state index contributed by atoms with van der Waals surface area (Å²) in [5, 5.41) is 0. The van der Waals surface area contributed by atoms with Crippen molar-refractivity contribution in [3.8, 4) is 5.88 Å². The van der Waals surface area contributed by atoms with Gasteiger partial charge in [-0.2, -0.15) is 0 Å². The van der Waals surface area contributed by atoms with Crippen molar-refractivity contribution >= 4 is 5.91 Å². The van der Waals surface area contributed by atoms with Crippen LogP contribution in [0, 0.1) is 0 Å². The zero-order valence-electron chi connectivity index (χ0n) is 12.8. The Labute approximate surface area is 135 Å². The highest BCUT2D eigenvalue weighted by Gasteiger charge is 2.44. The van der Waals surface area contributed by atoms with Crippen molar-refractivity contribution in [1.29, 1.82) is 0 Å². The van der Waals surface area contributed by atoms with Gasteiger partial charge in [-0.15, -0.1) is 0 Å². The zero-order chi connectivity index (χ0) is 15.6. The first kappa shape index (κ1) is 14.2. The van der Waals surface area contributed by atoms with Gasteiger partial charge in [0.25, 0.3) is 5.91 Å². The second-order valence-electron chi connectivity index (χ2n) is 6.22. The van der Waals surface area contributed by atoms with Crippen LogP contribution in [-0.4, -0.2) is 39.0 Å². The monoisotopic (exact) mass is 309 g/mol. The molecule has 0 spiro atoms. The number of aromatic nitrogens is 2. The molecule has 1 amide bonds. The molecular weight excluding hydrogens is 290 g/mol. The number of ether oxygens (including phenoxy) is 1. The molecule has 2 bridgehead atoms. The number of hydrogen-bond acceptors (Lipinski definition) is 4. The maximum Gasteiger partial charge on any atom is 0.255 e. The molecule has 5 heteroatoms. The fourth-order valence-corrected chi connectivity index (χ4v) is 3.78. The van der Waals surface area contributed by atoms with Gasteiger partial charge >= 0.3 is 0 Å². The van der Waals surface area contributed by atoms with Gasteiger partial charge < -0.3 is 9.64 Å². The van der Waals surface area contributed by atoms with Gasteiger partial charge in [-0.3, -0.25) is 9.78 Å². The Morgan fingerprint density at radius 1 is 1.09 bits per heavy atom. The van der Waals surface area contributed by atoms with E-state index in [0.717, 1.165) is 25.7 Å². The van der Waals surface area contributed by atoms with E-state index in [0.29, 0.717) is 11.4 Å². The lowest BCUT2D eigenvalue weighted by atomic mass is 9.98. The van der Waals surface area contributed by atoms with E-state index in [1.54, 1.807) is 18.6 Å². The maximum atomic E-state index is 12.8. The van der Waals surface area contributed by atoms with Gasteiger partial charge in [0.2, 0.25) is 5.88 Å². The van der Waals surface area contributed by atoms with Gasteiger partial charge in [0, 0.05) is 49.6 Å². The average molecular weight is 309 g/mol. The molecular formula is C18H19N3O2. The highest BCUT2D eigenvalue weighted by Crippen LogP contribution is 2.37. The molecule has 4 rings (SSSR count). The maximum absolute atomic E-state index is 12.8. The van der Waals surface area contributed by atoms with E-state index in [4.69, 9.17) is 4.74 Å². The van der Waals surface area contributed by atoms with Crippen molar-refractivity contribution in [2.75, 3.05) is 0 Å². The highest BCUT2D eigenvalue weighted by atomic mass is 16.5.